The molecule has 0 aliphatic rings. The Morgan fingerprint density at radius 1 is 1.32 bits per heavy atom. The molecule has 0 heterocycles. The van der Waals surface area contributed by atoms with Gasteiger partial charge in [0.05, 0.1) is 7.11 Å². The Balaban J connectivity index is 0.00000135. The van der Waals surface area contributed by atoms with Crippen molar-refractivity contribution in [1.29, 1.82) is 0 Å². The van der Waals surface area contributed by atoms with E-state index < -0.39 is 6.09 Å². The molecule has 1 rings (SSSR count). The van der Waals surface area contributed by atoms with Crippen LogP contribution in [-0.4, -0.2) is 42.8 Å². The van der Waals surface area contributed by atoms with Crippen LogP contribution in [0.3, 0.4) is 0 Å². The number of hydrogen-bond acceptors (Lipinski definition) is 4. The van der Waals surface area contributed by atoms with Crippen molar-refractivity contribution in [2.75, 3.05) is 26.7 Å². The number of nitrogens with zero attached hydrogens (tertiary/aromatic N) is 1. The first kappa shape index (κ1) is 20.2. The molecule has 1 atom stereocenters. The number of ether oxygens (including phenoxy) is 1. The Kier molecular flexibility index (Phi) is 10.9. The van der Waals surface area contributed by atoms with Gasteiger partial charge in [0.15, 0.2) is 0 Å². The Bertz CT molecular complexity index is 424. The van der Waals surface area contributed by atoms with Crippen LogP contribution in [0.5, 0.6) is 5.75 Å². The maximum Gasteiger partial charge on any atom is 0.406 e. The third-order valence-electron chi connectivity index (χ3n) is 3.19. The normalized spacial score (nSPS) is 11.4. The van der Waals surface area contributed by atoms with Gasteiger partial charge in [-0.25, -0.2) is 4.79 Å². The summed E-state index contributed by atoms with van der Waals surface area (Å²) < 4.78 is 4.52. The van der Waals surface area contributed by atoms with E-state index in [0.717, 1.165) is 12.1 Å². The number of benzene rings is 1. The minimum Gasteiger partial charge on any atom is -0.508 e. The molecule has 0 aromatic heterocycles. The molecular formula is C17H30N2O3. The molecule has 0 aliphatic heterocycles. The van der Waals surface area contributed by atoms with Crippen LogP contribution in [0.1, 0.15) is 45.7 Å². The van der Waals surface area contributed by atoms with Gasteiger partial charge in [-0.1, -0.05) is 45.4 Å². The quantitative estimate of drug-likeness (QED) is 0.843. The smallest absolute Gasteiger partial charge is 0.406 e. The number of likely N-dealkylation sites (N-methyl/N-ethyl adjacent to an activating group) is 1. The zero-order valence-corrected chi connectivity index (χ0v) is 14.4. The van der Waals surface area contributed by atoms with E-state index in [-0.39, 0.29) is 6.04 Å². The van der Waals surface area contributed by atoms with E-state index in [2.05, 4.69) is 35.7 Å². The van der Waals surface area contributed by atoms with Crippen LogP contribution in [0.15, 0.2) is 24.3 Å². The van der Waals surface area contributed by atoms with Crippen LogP contribution in [0.2, 0.25) is 0 Å². The molecular weight excluding hydrogens is 280 g/mol. The van der Waals surface area contributed by atoms with E-state index in [4.69, 9.17) is 0 Å². The summed E-state index contributed by atoms with van der Waals surface area (Å²) in [5, 5.41) is 12.5. The third-order valence-corrected chi connectivity index (χ3v) is 3.19. The van der Waals surface area contributed by atoms with Crippen molar-refractivity contribution in [3.8, 4) is 5.75 Å². The van der Waals surface area contributed by atoms with Gasteiger partial charge >= 0.3 is 6.09 Å². The minimum absolute atomic E-state index is 0.0886. The molecule has 2 N–H and O–H groups in total. The van der Waals surface area contributed by atoms with Gasteiger partial charge in [0, 0.05) is 24.7 Å². The lowest BCUT2D eigenvalue weighted by molar-refractivity contribution is 0.165. The predicted molar refractivity (Wildman–Crippen MR) is 90.1 cm³/mol. The standard InChI is InChI=1S/C14H22N2O3.C3H8/c1-4-16(10-9-15-14(18)19-3)11(2)12-7-5-6-8-13(12)17;1-3-2/h5-8,11,17H,4,9-10H2,1-3H3,(H,15,18);3H2,1-2H3. The summed E-state index contributed by atoms with van der Waals surface area (Å²) in [4.78, 5) is 13.2. The van der Waals surface area contributed by atoms with E-state index in [9.17, 15) is 9.90 Å². The molecule has 22 heavy (non-hydrogen) atoms. The molecule has 1 aromatic rings. The van der Waals surface area contributed by atoms with E-state index in [1.54, 1.807) is 12.1 Å². The largest absolute Gasteiger partial charge is 0.508 e. The van der Waals surface area contributed by atoms with Gasteiger partial charge in [-0.2, -0.15) is 0 Å². The fourth-order valence-corrected chi connectivity index (χ4v) is 2.04. The number of carbonyl (C=O) groups is 1. The second-order valence-electron chi connectivity index (χ2n) is 4.99. The van der Waals surface area contributed by atoms with Gasteiger partial charge in [-0.05, 0) is 19.5 Å². The van der Waals surface area contributed by atoms with Crippen molar-refractivity contribution in [1.82, 2.24) is 10.2 Å². The lowest BCUT2D eigenvalue weighted by atomic mass is 10.1. The molecule has 1 aromatic carbocycles. The number of amides is 1. The number of phenols is 1. The average molecular weight is 310 g/mol. The number of aromatic hydroxyl groups is 1. The van der Waals surface area contributed by atoms with Gasteiger partial charge in [0.2, 0.25) is 0 Å². The number of phenolic OH excluding ortho intramolecular Hbond substituents is 1. The molecule has 1 amide bonds. The monoisotopic (exact) mass is 310 g/mol. The highest BCUT2D eigenvalue weighted by Crippen LogP contribution is 2.27. The molecule has 0 saturated carbocycles. The van der Waals surface area contributed by atoms with E-state index in [1.165, 1.54) is 13.5 Å². The van der Waals surface area contributed by atoms with Crippen LogP contribution in [0.4, 0.5) is 4.79 Å². The first-order valence-corrected chi connectivity index (χ1v) is 7.85. The Labute approximate surface area is 134 Å². The highest BCUT2D eigenvalue weighted by Gasteiger charge is 2.16. The first-order chi connectivity index (χ1) is 10.5. The summed E-state index contributed by atoms with van der Waals surface area (Å²) in [5.41, 5.74) is 0.891. The van der Waals surface area contributed by atoms with Gasteiger partial charge in [0.1, 0.15) is 5.75 Å². The average Bonchev–Trinajstić information content (AvgIpc) is 2.52. The number of para-hydroxylation sites is 1. The van der Waals surface area contributed by atoms with Gasteiger partial charge in [0.25, 0.3) is 0 Å². The number of hydrogen-bond donors (Lipinski definition) is 2. The van der Waals surface area contributed by atoms with Gasteiger partial charge < -0.3 is 15.2 Å². The van der Waals surface area contributed by atoms with Crippen molar-refractivity contribution in [3.05, 3.63) is 29.8 Å². The molecule has 5 nitrogen and oxygen atoms in total. The highest BCUT2D eigenvalue weighted by atomic mass is 16.5. The topological polar surface area (TPSA) is 61.8 Å². The summed E-state index contributed by atoms with van der Waals surface area (Å²) in [7, 11) is 1.34. The van der Waals surface area contributed by atoms with Crippen molar-refractivity contribution < 1.29 is 14.6 Å². The van der Waals surface area contributed by atoms with E-state index in [1.807, 2.05) is 19.1 Å². The summed E-state index contributed by atoms with van der Waals surface area (Å²) in [5.74, 6) is 0.300. The zero-order chi connectivity index (χ0) is 17.0. The SMILES string of the molecule is CCC.CCN(CCNC(=O)OC)C(C)c1ccccc1O. The molecule has 0 saturated heterocycles. The van der Waals surface area contributed by atoms with Crippen molar-refractivity contribution in [2.24, 2.45) is 0 Å². The second-order valence-corrected chi connectivity index (χ2v) is 4.99. The fraction of sp³-hybridized carbons (Fsp3) is 0.588. The lowest BCUT2D eigenvalue weighted by Crippen LogP contribution is -2.36. The van der Waals surface area contributed by atoms with Crippen molar-refractivity contribution >= 4 is 6.09 Å². The molecule has 0 fully saturated rings. The van der Waals surface area contributed by atoms with Gasteiger partial charge in [-0.15, -0.1) is 0 Å². The molecule has 5 heteroatoms. The first-order valence-electron chi connectivity index (χ1n) is 7.85. The van der Waals surface area contributed by atoms with E-state index in [0.29, 0.717) is 18.8 Å². The number of methoxy groups -OCH3 is 1. The van der Waals surface area contributed by atoms with Crippen LogP contribution in [0.25, 0.3) is 0 Å². The van der Waals surface area contributed by atoms with Gasteiger partial charge in [-0.3, -0.25) is 4.90 Å². The Morgan fingerprint density at radius 2 is 1.91 bits per heavy atom. The van der Waals surface area contributed by atoms with Crippen LogP contribution in [-0.2, 0) is 4.74 Å². The predicted octanol–water partition coefficient (Wildman–Crippen LogP) is 3.55. The summed E-state index contributed by atoms with van der Waals surface area (Å²) >= 11 is 0. The third kappa shape index (κ3) is 7.31. The fourth-order valence-electron chi connectivity index (χ4n) is 2.04. The number of alkyl carbamates (subject to hydrolysis) is 1. The van der Waals surface area contributed by atoms with Crippen molar-refractivity contribution in [3.63, 3.8) is 0 Å². The van der Waals surface area contributed by atoms with Crippen molar-refractivity contribution in [2.45, 2.75) is 40.2 Å². The molecule has 0 bridgehead atoms. The molecule has 1 unspecified atom stereocenters. The lowest BCUT2D eigenvalue weighted by Gasteiger charge is -2.28. The minimum atomic E-state index is -0.425. The second kappa shape index (κ2) is 11.9. The van der Waals surface area contributed by atoms with Crippen LogP contribution >= 0.6 is 0 Å². The number of rotatable bonds is 6. The van der Waals surface area contributed by atoms with Crippen LogP contribution in [0, 0.1) is 0 Å². The maximum atomic E-state index is 11.0. The van der Waals surface area contributed by atoms with Crippen LogP contribution < -0.4 is 5.32 Å². The summed E-state index contributed by atoms with van der Waals surface area (Å²) in [6.07, 6.45) is 0.825. The molecule has 0 aliphatic carbocycles. The van der Waals surface area contributed by atoms with E-state index >= 15 is 0 Å². The molecule has 126 valence electrons. The molecule has 0 radical (unpaired) electrons. The number of nitrogens with one attached hydrogen (secondary N) is 1. The Morgan fingerprint density at radius 3 is 2.41 bits per heavy atom. The zero-order valence-electron chi connectivity index (χ0n) is 14.4. The highest BCUT2D eigenvalue weighted by molar-refractivity contribution is 5.66. The maximum absolute atomic E-state index is 11.0. The number of carbonyl (C=O) groups excluding carboxylic acids is 1. The summed E-state index contributed by atoms with van der Waals surface area (Å²) in [6.45, 7) is 10.4. The Hall–Kier alpha value is -1.75. The summed E-state index contributed by atoms with van der Waals surface area (Å²) in [6, 6.07) is 7.40. The molecule has 0 spiro atoms.